The summed E-state index contributed by atoms with van der Waals surface area (Å²) < 4.78 is 28.3. The van der Waals surface area contributed by atoms with Crippen molar-refractivity contribution in [3.05, 3.63) is 101 Å². The van der Waals surface area contributed by atoms with Crippen LogP contribution in [0.15, 0.2) is 83.8 Å². The number of hydrogen-bond donors (Lipinski definition) is 1. The smallest absolute Gasteiger partial charge is 0.261 e. The maximum Gasteiger partial charge on any atom is 0.261 e. The minimum atomic E-state index is -3.74. The Morgan fingerprint density at radius 3 is 2.29 bits per heavy atom. The molecule has 1 fully saturated rings. The summed E-state index contributed by atoms with van der Waals surface area (Å²) in [6.45, 7) is 7.43. The van der Waals surface area contributed by atoms with Gasteiger partial charge in [-0.3, -0.25) is 14.4 Å². The van der Waals surface area contributed by atoms with Crippen LogP contribution in [0.5, 0.6) is 0 Å². The van der Waals surface area contributed by atoms with Crippen molar-refractivity contribution in [1.82, 2.24) is 9.80 Å². The summed E-state index contributed by atoms with van der Waals surface area (Å²) in [5.74, 6) is -0.0831. The first-order valence-electron chi connectivity index (χ1n) is 11.8. The Bertz CT molecular complexity index is 1300. The SMILES string of the molecule is Cc1ccc(S(=O)(=O)Nc2cc(C(=O)N3CCN(C/C=C/c4ccccc4)CC3)ccc2C)cc1. The first kappa shape index (κ1) is 24.7. The van der Waals surface area contributed by atoms with Gasteiger partial charge in [0.15, 0.2) is 0 Å². The van der Waals surface area contributed by atoms with Crippen molar-refractivity contribution in [2.45, 2.75) is 18.7 Å². The van der Waals surface area contributed by atoms with Gasteiger partial charge in [0.25, 0.3) is 15.9 Å². The average molecular weight is 490 g/mol. The highest BCUT2D eigenvalue weighted by Crippen LogP contribution is 2.23. The molecule has 1 N–H and O–H groups in total. The zero-order chi connectivity index (χ0) is 24.8. The highest BCUT2D eigenvalue weighted by Gasteiger charge is 2.23. The summed E-state index contributed by atoms with van der Waals surface area (Å²) in [5.41, 5.74) is 3.82. The topological polar surface area (TPSA) is 69.7 Å². The van der Waals surface area contributed by atoms with Gasteiger partial charge in [0.2, 0.25) is 0 Å². The van der Waals surface area contributed by atoms with E-state index in [0.29, 0.717) is 24.3 Å². The predicted octanol–water partition coefficient (Wildman–Crippen LogP) is 4.58. The second-order valence-corrected chi connectivity index (χ2v) is 10.5. The molecular formula is C28H31N3O3S. The van der Waals surface area contributed by atoms with Gasteiger partial charge in [-0.05, 0) is 49.2 Å². The van der Waals surface area contributed by atoms with Crippen molar-refractivity contribution in [1.29, 1.82) is 0 Å². The molecule has 0 aliphatic carbocycles. The number of hydrogen-bond acceptors (Lipinski definition) is 4. The maximum absolute atomic E-state index is 13.2. The number of carbonyl (C=O) groups is 1. The first-order valence-corrected chi connectivity index (χ1v) is 13.2. The summed E-state index contributed by atoms with van der Waals surface area (Å²) >= 11 is 0. The van der Waals surface area contributed by atoms with Crippen LogP contribution in [-0.2, 0) is 10.0 Å². The number of rotatable bonds is 7. The molecule has 0 radical (unpaired) electrons. The summed E-state index contributed by atoms with van der Waals surface area (Å²) in [7, 11) is -3.74. The van der Waals surface area contributed by atoms with Gasteiger partial charge in [-0.1, -0.05) is 66.2 Å². The lowest BCUT2D eigenvalue weighted by molar-refractivity contribution is 0.0650. The van der Waals surface area contributed by atoms with Crippen molar-refractivity contribution in [3.8, 4) is 0 Å². The molecule has 3 aromatic rings. The molecule has 1 amide bonds. The van der Waals surface area contributed by atoms with Crippen LogP contribution < -0.4 is 4.72 Å². The number of aryl methyl sites for hydroxylation is 2. The number of amides is 1. The van der Waals surface area contributed by atoms with E-state index in [1.165, 1.54) is 5.56 Å². The molecule has 0 aromatic heterocycles. The predicted molar refractivity (Wildman–Crippen MR) is 141 cm³/mol. The first-order chi connectivity index (χ1) is 16.8. The molecule has 1 saturated heterocycles. The van der Waals surface area contributed by atoms with E-state index in [-0.39, 0.29) is 10.8 Å². The molecule has 182 valence electrons. The van der Waals surface area contributed by atoms with Gasteiger partial charge in [0.05, 0.1) is 10.6 Å². The third-order valence-corrected chi connectivity index (χ3v) is 7.57. The molecule has 0 bridgehead atoms. The molecule has 1 heterocycles. The minimum absolute atomic E-state index is 0.0831. The summed E-state index contributed by atoms with van der Waals surface area (Å²) in [5, 5.41) is 0. The Balaban J connectivity index is 1.37. The van der Waals surface area contributed by atoms with Crippen LogP contribution in [0.1, 0.15) is 27.0 Å². The molecule has 1 aliphatic rings. The van der Waals surface area contributed by atoms with Crippen LogP contribution in [0, 0.1) is 13.8 Å². The molecule has 35 heavy (non-hydrogen) atoms. The fraction of sp³-hybridized carbons (Fsp3) is 0.250. The van der Waals surface area contributed by atoms with Gasteiger partial charge in [-0.15, -0.1) is 0 Å². The number of sulfonamides is 1. The molecule has 0 atom stereocenters. The van der Waals surface area contributed by atoms with Gasteiger partial charge in [0, 0.05) is 38.3 Å². The van der Waals surface area contributed by atoms with Crippen molar-refractivity contribution in [2.75, 3.05) is 37.4 Å². The standard InChI is InChI=1S/C28H31N3O3S/c1-22-10-14-26(15-11-22)35(33,34)29-27-21-25(13-12-23(27)2)28(32)31-19-17-30(18-20-31)16-6-9-24-7-4-3-5-8-24/h3-15,21,29H,16-20H2,1-2H3/b9-6+. The number of nitrogens with zero attached hydrogens (tertiary/aromatic N) is 2. The molecule has 1 aliphatic heterocycles. The molecule has 6 nitrogen and oxygen atoms in total. The van der Waals surface area contributed by atoms with Gasteiger partial charge in [0.1, 0.15) is 0 Å². The fourth-order valence-corrected chi connectivity index (χ4v) is 5.13. The van der Waals surface area contributed by atoms with E-state index in [1.54, 1.807) is 42.5 Å². The Hall–Kier alpha value is -3.42. The quantitative estimate of drug-likeness (QED) is 0.528. The van der Waals surface area contributed by atoms with E-state index in [2.05, 4.69) is 33.9 Å². The number of carbonyl (C=O) groups excluding carboxylic acids is 1. The summed E-state index contributed by atoms with van der Waals surface area (Å²) in [6.07, 6.45) is 4.27. The van der Waals surface area contributed by atoms with Gasteiger partial charge >= 0.3 is 0 Å². The monoisotopic (exact) mass is 489 g/mol. The van der Waals surface area contributed by atoms with Crippen LogP contribution >= 0.6 is 0 Å². The fourth-order valence-electron chi connectivity index (χ4n) is 4.00. The van der Waals surface area contributed by atoms with Crippen LogP contribution in [0.4, 0.5) is 5.69 Å². The molecule has 0 saturated carbocycles. The van der Waals surface area contributed by atoms with Crippen molar-refractivity contribution in [3.63, 3.8) is 0 Å². The minimum Gasteiger partial charge on any atom is -0.336 e. The van der Waals surface area contributed by atoms with Crippen molar-refractivity contribution >= 4 is 27.7 Å². The lowest BCUT2D eigenvalue weighted by atomic mass is 10.1. The summed E-state index contributed by atoms with van der Waals surface area (Å²) in [4.78, 5) is 17.5. The van der Waals surface area contributed by atoms with Gasteiger partial charge in [-0.25, -0.2) is 8.42 Å². The van der Waals surface area contributed by atoms with Crippen LogP contribution in [-0.4, -0.2) is 56.8 Å². The van der Waals surface area contributed by atoms with Crippen molar-refractivity contribution < 1.29 is 13.2 Å². The van der Waals surface area contributed by atoms with E-state index in [1.807, 2.05) is 36.9 Å². The second-order valence-electron chi connectivity index (χ2n) is 8.85. The summed E-state index contributed by atoms with van der Waals surface area (Å²) in [6, 6.07) is 22.1. The van der Waals surface area contributed by atoms with Gasteiger partial charge < -0.3 is 4.90 Å². The van der Waals surface area contributed by atoms with Crippen LogP contribution in [0.3, 0.4) is 0 Å². The Morgan fingerprint density at radius 1 is 0.914 bits per heavy atom. The highest BCUT2D eigenvalue weighted by atomic mass is 32.2. The third-order valence-electron chi connectivity index (χ3n) is 6.19. The Labute approximate surface area is 207 Å². The van der Waals surface area contributed by atoms with Crippen molar-refractivity contribution in [2.24, 2.45) is 0 Å². The number of anilines is 1. The van der Waals surface area contributed by atoms with Crippen LogP contribution in [0.2, 0.25) is 0 Å². The highest BCUT2D eigenvalue weighted by molar-refractivity contribution is 7.92. The maximum atomic E-state index is 13.2. The molecule has 4 rings (SSSR count). The molecule has 7 heteroatoms. The van der Waals surface area contributed by atoms with E-state index < -0.39 is 10.0 Å². The number of nitrogens with one attached hydrogen (secondary N) is 1. The lowest BCUT2D eigenvalue weighted by Gasteiger charge is -2.34. The molecular weight excluding hydrogens is 458 g/mol. The van der Waals surface area contributed by atoms with E-state index >= 15 is 0 Å². The van der Waals surface area contributed by atoms with E-state index in [0.717, 1.165) is 30.8 Å². The lowest BCUT2D eigenvalue weighted by Crippen LogP contribution is -2.48. The number of piperazine rings is 1. The number of benzene rings is 3. The van der Waals surface area contributed by atoms with Crippen LogP contribution in [0.25, 0.3) is 6.08 Å². The molecule has 0 spiro atoms. The largest absolute Gasteiger partial charge is 0.336 e. The van der Waals surface area contributed by atoms with E-state index in [4.69, 9.17) is 0 Å². The Morgan fingerprint density at radius 2 is 1.60 bits per heavy atom. The third kappa shape index (κ3) is 6.38. The second kappa shape index (κ2) is 10.9. The normalized spacial score (nSPS) is 14.9. The average Bonchev–Trinajstić information content (AvgIpc) is 2.86. The zero-order valence-electron chi connectivity index (χ0n) is 20.1. The zero-order valence-corrected chi connectivity index (χ0v) is 21.0. The Kier molecular flexibility index (Phi) is 7.68. The van der Waals surface area contributed by atoms with Gasteiger partial charge in [-0.2, -0.15) is 0 Å². The molecule has 3 aromatic carbocycles. The van der Waals surface area contributed by atoms with E-state index in [9.17, 15) is 13.2 Å². The molecule has 0 unspecified atom stereocenters.